The van der Waals surface area contributed by atoms with Gasteiger partial charge in [0.2, 0.25) is 0 Å². The lowest BCUT2D eigenvalue weighted by atomic mass is 9.80. The molecule has 3 heterocycles. The van der Waals surface area contributed by atoms with Crippen molar-refractivity contribution >= 4 is 11.8 Å². The van der Waals surface area contributed by atoms with E-state index in [0.717, 1.165) is 57.5 Å². The van der Waals surface area contributed by atoms with Crippen molar-refractivity contribution in [3.8, 4) is 5.75 Å². The first kappa shape index (κ1) is 25.7. The number of nitrogens with zero attached hydrogens (tertiary/aromatic N) is 4. The molecular weight excluding hydrogens is 453 g/mol. The summed E-state index contributed by atoms with van der Waals surface area (Å²) in [7, 11) is 1.71. The first-order valence-electron chi connectivity index (χ1n) is 10.9. The number of likely N-dealkylation sites (tertiary alicyclic amines) is 1. The van der Waals surface area contributed by atoms with Crippen LogP contribution in [-0.2, 0) is 16.1 Å². The van der Waals surface area contributed by atoms with E-state index in [0.29, 0.717) is 0 Å². The lowest BCUT2D eigenvalue weighted by molar-refractivity contribution is -0.192. The first-order valence-corrected chi connectivity index (χ1v) is 10.9. The normalized spacial score (nSPS) is 21.4. The molecule has 4 rings (SSSR count). The van der Waals surface area contributed by atoms with Gasteiger partial charge in [-0.1, -0.05) is 12.1 Å². The number of carboxylic acids is 1. The Morgan fingerprint density at radius 3 is 2.56 bits per heavy atom. The maximum Gasteiger partial charge on any atom is 0.490 e. The molecule has 186 valence electrons. The van der Waals surface area contributed by atoms with Crippen LogP contribution >= 0.6 is 0 Å². The number of rotatable bonds is 4. The molecule has 11 heteroatoms. The molecule has 2 aromatic rings. The zero-order valence-electron chi connectivity index (χ0n) is 19.0. The Morgan fingerprint density at radius 2 is 1.94 bits per heavy atom. The minimum absolute atomic E-state index is 0.152. The highest BCUT2D eigenvalue weighted by atomic mass is 19.4. The minimum atomic E-state index is -5.08. The van der Waals surface area contributed by atoms with E-state index in [1.807, 2.05) is 18.3 Å². The molecule has 34 heavy (non-hydrogen) atoms. The molecule has 1 atom stereocenters. The number of benzene rings is 1. The van der Waals surface area contributed by atoms with Crippen LogP contribution in [0.5, 0.6) is 5.75 Å². The molecular formula is C23H29F3N4O4. The lowest BCUT2D eigenvalue weighted by Crippen LogP contribution is -2.50. The SMILES string of the molecule is COc1ccc(CN2CCCC3(COCCN(c4cnccn4)C3)C2)cc1.O=C(O)C(F)(F)F. The third kappa shape index (κ3) is 7.29. The highest BCUT2D eigenvalue weighted by Crippen LogP contribution is 2.34. The summed E-state index contributed by atoms with van der Waals surface area (Å²) in [6, 6.07) is 8.41. The summed E-state index contributed by atoms with van der Waals surface area (Å²) in [5.41, 5.74) is 1.48. The van der Waals surface area contributed by atoms with E-state index in [2.05, 4.69) is 31.9 Å². The van der Waals surface area contributed by atoms with E-state index in [1.165, 1.54) is 18.4 Å². The van der Waals surface area contributed by atoms with Crippen LogP contribution in [0.2, 0.25) is 0 Å². The number of aromatic nitrogens is 2. The van der Waals surface area contributed by atoms with Crippen LogP contribution in [0.25, 0.3) is 0 Å². The Hall–Kier alpha value is -2.92. The van der Waals surface area contributed by atoms with Crippen molar-refractivity contribution in [1.29, 1.82) is 0 Å². The summed E-state index contributed by atoms with van der Waals surface area (Å²) in [5, 5.41) is 7.12. The molecule has 8 nitrogen and oxygen atoms in total. The second-order valence-electron chi connectivity index (χ2n) is 8.50. The Balaban J connectivity index is 0.000000406. The second kappa shape index (κ2) is 11.5. The molecule has 0 radical (unpaired) electrons. The molecule has 2 aliphatic heterocycles. The molecule has 0 bridgehead atoms. The number of alkyl halides is 3. The van der Waals surface area contributed by atoms with Crippen LogP contribution in [0.4, 0.5) is 19.0 Å². The molecule has 1 unspecified atom stereocenters. The minimum Gasteiger partial charge on any atom is -0.497 e. The smallest absolute Gasteiger partial charge is 0.490 e. The maximum absolute atomic E-state index is 10.6. The molecule has 1 spiro atoms. The maximum atomic E-state index is 10.6. The number of carboxylic acid groups (broad SMARTS) is 1. The summed E-state index contributed by atoms with van der Waals surface area (Å²) in [5.74, 6) is -0.896. The van der Waals surface area contributed by atoms with Gasteiger partial charge in [0.05, 0.1) is 26.5 Å². The van der Waals surface area contributed by atoms with E-state index >= 15 is 0 Å². The second-order valence-corrected chi connectivity index (χ2v) is 8.50. The molecule has 2 aliphatic rings. The van der Waals surface area contributed by atoms with Crippen LogP contribution < -0.4 is 9.64 Å². The van der Waals surface area contributed by atoms with Gasteiger partial charge in [-0.15, -0.1) is 0 Å². The van der Waals surface area contributed by atoms with Crippen molar-refractivity contribution in [3.05, 3.63) is 48.4 Å². The predicted octanol–water partition coefficient (Wildman–Crippen LogP) is 3.24. The number of aliphatic carboxylic acids is 1. The zero-order valence-corrected chi connectivity index (χ0v) is 19.0. The van der Waals surface area contributed by atoms with Crippen LogP contribution in [0.15, 0.2) is 42.9 Å². The van der Waals surface area contributed by atoms with Gasteiger partial charge in [0.15, 0.2) is 0 Å². The van der Waals surface area contributed by atoms with Gasteiger partial charge in [-0.3, -0.25) is 9.88 Å². The van der Waals surface area contributed by atoms with Crippen molar-refractivity contribution in [1.82, 2.24) is 14.9 Å². The van der Waals surface area contributed by atoms with Crippen molar-refractivity contribution in [2.45, 2.75) is 25.6 Å². The summed E-state index contributed by atoms with van der Waals surface area (Å²) in [4.78, 5) is 22.6. The molecule has 1 N–H and O–H groups in total. The zero-order chi connectivity index (χ0) is 24.6. The Labute approximate surface area is 196 Å². The fourth-order valence-corrected chi connectivity index (χ4v) is 4.32. The van der Waals surface area contributed by atoms with Crippen LogP contribution in [0.1, 0.15) is 18.4 Å². The van der Waals surface area contributed by atoms with Crippen molar-refractivity contribution in [2.75, 3.05) is 51.4 Å². The van der Waals surface area contributed by atoms with E-state index in [4.69, 9.17) is 19.4 Å². The number of methoxy groups -OCH3 is 1. The fraction of sp³-hybridized carbons (Fsp3) is 0.522. The fourth-order valence-electron chi connectivity index (χ4n) is 4.32. The van der Waals surface area contributed by atoms with E-state index in [1.54, 1.807) is 19.5 Å². The molecule has 2 saturated heterocycles. The van der Waals surface area contributed by atoms with Gasteiger partial charge in [0.25, 0.3) is 0 Å². The number of piperidine rings is 1. The van der Waals surface area contributed by atoms with Gasteiger partial charge in [-0.2, -0.15) is 13.2 Å². The molecule has 0 saturated carbocycles. The third-order valence-corrected chi connectivity index (χ3v) is 5.86. The Bertz CT molecular complexity index is 915. The number of hydrogen-bond donors (Lipinski definition) is 1. The number of carbonyl (C=O) groups is 1. The summed E-state index contributed by atoms with van der Waals surface area (Å²) in [6.45, 7) is 6.58. The van der Waals surface area contributed by atoms with Gasteiger partial charge < -0.3 is 19.5 Å². The van der Waals surface area contributed by atoms with Gasteiger partial charge in [-0.05, 0) is 37.1 Å². The first-order chi connectivity index (χ1) is 16.2. The summed E-state index contributed by atoms with van der Waals surface area (Å²) >= 11 is 0. The predicted molar refractivity (Wildman–Crippen MR) is 119 cm³/mol. The van der Waals surface area contributed by atoms with Gasteiger partial charge >= 0.3 is 12.1 Å². The molecule has 0 amide bonds. The van der Waals surface area contributed by atoms with E-state index < -0.39 is 12.1 Å². The third-order valence-electron chi connectivity index (χ3n) is 5.86. The van der Waals surface area contributed by atoms with Crippen molar-refractivity contribution in [2.24, 2.45) is 5.41 Å². The summed E-state index contributed by atoms with van der Waals surface area (Å²) < 4.78 is 43.0. The van der Waals surface area contributed by atoms with Crippen LogP contribution in [0.3, 0.4) is 0 Å². The topological polar surface area (TPSA) is 88.0 Å². The van der Waals surface area contributed by atoms with Crippen LogP contribution in [-0.4, -0.2) is 78.6 Å². The average molecular weight is 483 g/mol. The number of ether oxygens (including phenoxy) is 2. The highest BCUT2D eigenvalue weighted by molar-refractivity contribution is 5.73. The quantitative estimate of drug-likeness (QED) is 0.711. The molecule has 2 fully saturated rings. The number of anilines is 1. The largest absolute Gasteiger partial charge is 0.497 e. The molecule has 1 aromatic carbocycles. The number of hydrogen-bond acceptors (Lipinski definition) is 7. The van der Waals surface area contributed by atoms with E-state index in [-0.39, 0.29) is 5.41 Å². The number of halogens is 3. The average Bonchev–Trinajstić information content (AvgIpc) is 3.02. The monoisotopic (exact) mass is 482 g/mol. The Kier molecular flexibility index (Phi) is 8.67. The Morgan fingerprint density at radius 1 is 1.21 bits per heavy atom. The molecule has 1 aromatic heterocycles. The summed E-state index contributed by atoms with van der Waals surface area (Å²) in [6.07, 6.45) is 2.67. The van der Waals surface area contributed by atoms with E-state index in [9.17, 15) is 13.2 Å². The van der Waals surface area contributed by atoms with Crippen molar-refractivity contribution in [3.63, 3.8) is 0 Å². The lowest BCUT2D eigenvalue weighted by Gasteiger charge is -2.43. The highest BCUT2D eigenvalue weighted by Gasteiger charge is 2.39. The molecule has 0 aliphatic carbocycles. The van der Waals surface area contributed by atoms with Gasteiger partial charge in [0, 0.05) is 44.0 Å². The van der Waals surface area contributed by atoms with Crippen LogP contribution in [0, 0.1) is 5.41 Å². The van der Waals surface area contributed by atoms with Gasteiger partial charge in [0.1, 0.15) is 11.6 Å². The van der Waals surface area contributed by atoms with Gasteiger partial charge in [-0.25, -0.2) is 9.78 Å². The van der Waals surface area contributed by atoms with Crippen molar-refractivity contribution < 1.29 is 32.5 Å². The standard InChI is InChI=1S/C21H28N4O2.C2HF3O2/c1-26-19-5-3-18(4-6-19)14-24-10-2-7-21(15-24)16-25(11-12-27-17-21)20-13-22-8-9-23-20;3-2(4,5)1(6)7/h3-6,8-9,13H,2,7,10-12,14-17H2,1H3;(H,6,7).